The molecule has 1 saturated heterocycles. The highest BCUT2D eigenvalue weighted by molar-refractivity contribution is 7.22. The number of hydrogen-bond donors (Lipinski definition) is 3. The monoisotopic (exact) mass is 513 g/mol. The van der Waals surface area contributed by atoms with E-state index >= 15 is 0 Å². The number of benzene rings is 3. The van der Waals surface area contributed by atoms with Gasteiger partial charge in [0.25, 0.3) is 0 Å². The van der Waals surface area contributed by atoms with Gasteiger partial charge in [-0.1, -0.05) is 84.1 Å². The van der Waals surface area contributed by atoms with Gasteiger partial charge in [0.2, 0.25) is 0 Å². The third kappa shape index (κ3) is 6.95. The van der Waals surface area contributed by atoms with Gasteiger partial charge in [0.15, 0.2) is 5.13 Å². The Balaban J connectivity index is 1.29. The molecule has 0 atom stereocenters. The van der Waals surface area contributed by atoms with Crippen LogP contribution in [0.3, 0.4) is 0 Å². The van der Waals surface area contributed by atoms with Crippen LogP contribution in [-0.2, 0) is 0 Å². The van der Waals surface area contributed by atoms with E-state index in [4.69, 9.17) is 0 Å². The van der Waals surface area contributed by atoms with Crippen molar-refractivity contribution in [1.29, 1.82) is 0 Å². The van der Waals surface area contributed by atoms with Crippen LogP contribution in [0, 0.1) is 0 Å². The number of nitrogens with zero attached hydrogens (tertiary/aromatic N) is 2. The Kier molecular flexibility index (Phi) is 8.79. The largest absolute Gasteiger partial charge is 0.323 e. The lowest BCUT2D eigenvalue weighted by Gasteiger charge is -2.28. The van der Waals surface area contributed by atoms with Crippen LogP contribution in [0.4, 0.5) is 9.93 Å². The molecule has 2 amide bonds. The fourth-order valence-corrected chi connectivity index (χ4v) is 5.88. The molecular weight excluding hydrogens is 478 g/mol. The molecule has 192 valence electrons. The number of anilines is 1. The van der Waals surface area contributed by atoms with E-state index in [0.717, 1.165) is 49.1 Å². The molecule has 0 saturated carbocycles. The number of carbonyl (C=O) groups excluding carboxylic acids is 1. The summed E-state index contributed by atoms with van der Waals surface area (Å²) in [6.07, 6.45) is 3.10. The molecule has 0 radical (unpaired) electrons. The van der Waals surface area contributed by atoms with Gasteiger partial charge in [0, 0.05) is 31.6 Å². The van der Waals surface area contributed by atoms with E-state index in [1.54, 1.807) is 0 Å². The third-order valence-electron chi connectivity index (χ3n) is 7.04. The number of piperidine rings is 1. The molecule has 0 spiro atoms. The van der Waals surface area contributed by atoms with Crippen molar-refractivity contribution in [2.24, 2.45) is 0 Å². The average molecular weight is 514 g/mol. The maximum atomic E-state index is 13.5. The predicted octanol–water partition coefficient (Wildman–Crippen LogP) is 5.69. The molecule has 1 aliphatic rings. The molecule has 1 fully saturated rings. The van der Waals surface area contributed by atoms with E-state index in [0.29, 0.717) is 24.3 Å². The van der Waals surface area contributed by atoms with Crippen molar-refractivity contribution >= 4 is 32.7 Å². The summed E-state index contributed by atoms with van der Waals surface area (Å²) in [7, 11) is 0. The fraction of sp³-hybridized carbons (Fsp3) is 0.333. The van der Waals surface area contributed by atoms with Crippen LogP contribution in [0.2, 0.25) is 0 Å². The second-order valence-electron chi connectivity index (χ2n) is 9.54. The van der Waals surface area contributed by atoms with Gasteiger partial charge in [0.1, 0.15) is 0 Å². The molecule has 4 aromatic rings. The summed E-state index contributed by atoms with van der Waals surface area (Å²) in [5.74, 6) is 0.220. The zero-order valence-electron chi connectivity index (χ0n) is 21.1. The minimum absolute atomic E-state index is 0.0916. The number of aromatic nitrogens is 1. The minimum atomic E-state index is -0.0916. The third-order valence-corrected chi connectivity index (χ3v) is 7.99. The Morgan fingerprint density at radius 1 is 0.919 bits per heavy atom. The molecule has 3 aromatic carbocycles. The smallest absolute Gasteiger partial charge is 0.323 e. The van der Waals surface area contributed by atoms with Gasteiger partial charge in [-0.2, -0.15) is 0 Å². The number of amides is 2. The van der Waals surface area contributed by atoms with Gasteiger partial charge in [-0.3, -0.25) is 5.32 Å². The second-order valence-corrected chi connectivity index (χ2v) is 10.6. The quantitative estimate of drug-likeness (QED) is 0.255. The lowest BCUT2D eigenvalue weighted by molar-refractivity contribution is 0.208. The first-order valence-corrected chi connectivity index (χ1v) is 14.0. The van der Waals surface area contributed by atoms with Gasteiger partial charge >= 0.3 is 6.03 Å². The van der Waals surface area contributed by atoms with Crippen molar-refractivity contribution in [2.75, 3.05) is 38.0 Å². The number of hydrogen-bond acceptors (Lipinski definition) is 5. The number of thiazole rings is 1. The van der Waals surface area contributed by atoms with Gasteiger partial charge in [-0.25, -0.2) is 9.78 Å². The summed E-state index contributed by atoms with van der Waals surface area (Å²) < 4.78 is 1.07. The molecule has 3 N–H and O–H groups in total. The van der Waals surface area contributed by atoms with E-state index in [9.17, 15) is 4.79 Å². The van der Waals surface area contributed by atoms with Crippen LogP contribution < -0.4 is 16.0 Å². The predicted molar refractivity (Wildman–Crippen MR) is 153 cm³/mol. The molecule has 6 nitrogen and oxygen atoms in total. The lowest BCUT2D eigenvalue weighted by Crippen LogP contribution is -2.45. The summed E-state index contributed by atoms with van der Waals surface area (Å²) in [6.45, 7) is 4.18. The average Bonchev–Trinajstić information content (AvgIpc) is 3.36. The van der Waals surface area contributed by atoms with Gasteiger partial charge in [-0.15, -0.1) is 0 Å². The molecule has 0 unspecified atom stereocenters. The molecular formula is C30H35N5OS. The number of rotatable bonds is 10. The van der Waals surface area contributed by atoms with E-state index in [2.05, 4.69) is 81.6 Å². The van der Waals surface area contributed by atoms with Crippen molar-refractivity contribution in [3.63, 3.8) is 0 Å². The second kappa shape index (κ2) is 12.8. The molecule has 0 bridgehead atoms. The van der Waals surface area contributed by atoms with Crippen LogP contribution >= 0.6 is 11.3 Å². The first-order chi connectivity index (χ1) is 18.3. The summed E-state index contributed by atoms with van der Waals surface area (Å²) in [6, 6.07) is 29.6. The molecule has 5 rings (SSSR count). The number of fused-ring (bicyclic) bond motifs is 1. The SMILES string of the molecule is O=C(Nc1nc2ccccc2s1)N(CCNC1CCNCC1)CCC(c1ccccc1)c1ccccc1. The Morgan fingerprint density at radius 3 is 2.24 bits per heavy atom. The van der Waals surface area contributed by atoms with Gasteiger partial charge in [0.05, 0.1) is 10.2 Å². The summed E-state index contributed by atoms with van der Waals surface area (Å²) >= 11 is 1.52. The molecule has 1 aliphatic heterocycles. The summed E-state index contributed by atoms with van der Waals surface area (Å²) in [4.78, 5) is 20.1. The topological polar surface area (TPSA) is 69.3 Å². The first kappa shape index (κ1) is 25.4. The van der Waals surface area contributed by atoms with Gasteiger partial charge in [-0.05, 0) is 55.6 Å². The van der Waals surface area contributed by atoms with Crippen LogP contribution in [-0.4, -0.2) is 54.7 Å². The van der Waals surface area contributed by atoms with Crippen molar-refractivity contribution in [1.82, 2.24) is 20.5 Å². The zero-order chi connectivity index (χ0) is 25.3. The zero-order valence-corrected chi connectivity index (χ0v) is 21.9. The number of carbonyl (C=O) groups is 1. The summed E-state index contributed by atoms with van der Waals surface area (Å²) in [5, 5.41) is 10.8. The van der Waals surface area contributed by atoms with Gasteiger partial charge < -0.3 is 15.5 Å². The lowest BCUT2D eigenvalue weighted by atomic mass is 9.88. The Bertz CT molecular complexity index is 1180. The van der Waals surface area contributed by atoms with Crippen LogP contribution in [0.15, 0.2) is 84.9 Å². The molecule has 2 heterocycles. The highest BCUT2D eigenvalue weighted by atomic mass is 32.1. The standard InChI is InChI=1S/C30H35N5OS/c36-30(34-29-33-27-13-7-8-14-28(27)37-29)35(22-20-32-25-15-18-31-19-16-25)21-17-26(23-9-3-1-4-10-23)24-11-5-2-6-12-24/h1-14,25-26,31-32H,15-22H2,(H,33,34,36). The first-order valence-electron chi connectivity index (χ1n) is 13.2. The van der Waals surface area contributed by atoms with Crippen molar-refractivity contribution < 1.29 is 4.79 Å². The Morgan fingerprint density at radius 2 is 1.57 bits per heavy atom. The molecule has 0 aliphatic carbocycles. The molecule has 37 heavy (non-hydrogen) atoms. The van der Waals surface area contributed by atoms with E-state index in [1.807, 2.05) is 29.2 Å². The van der Waals surface area contributed by atoms with Crippen molar-refractivity contribution in [3.05, 3.63) is 96.1 Å². The highest BCUT2D eigenvalue weighted by Gasteiger charge is 2.21. The minimum Gasteiger partial charge on any atom is -0.323 e. The number of nitrogens with one attached hydrogen (secondary N) is 3. The maximum Gasteiger partial charge on any atom is 0.323 e. The van der Waals surface area contributed by atoms with E-state index in [-0.39, 0.29) is 11.9 Å². The van der Waals surface area contributed by atoms with Crippen molar-refractivity contribution in [2.45, 2.75) is 31.2 Å². The highest BCUT2D eigenvalue weighted by Crippen LogP contribution is 2.29. The van der Waals surface area contributed by atoms with Crippen molar-refractivity contribution in [3.8, 4) is 0 Å². The van der Waals surface area contributed by atoms with Crippen LogP contribution in [0.1, 0.15) is 36.3 Å². The molecule has 7 heteroatoms. The number of urea groups is 1. The maximum absolute atomic E-state index is 13.5. The normalized spacial score (nSPS) is 14.2. The fourth-order valence-electron chi connectivity index (χ4n) is 5.02. The summed E-state index contributed by atoms with van der Waals surface area (Å²) in [5.41, 5.74) is 3.45. The Labute approximate surface area is 223 Å². The van der Waals surface area contributed by atoms with Crippen LogP contribution in [0.5, 0.6) is 0 Å². The van der Waals surface area contributed by atoms with E-state index < -0.39 is 0 Å². The molecule has 1 aromatic heterocycles. The van der Waals surface area contributed by atoms with Crippen LogP contribution in [0.25, 0.3) is 10.2 Å². The Hall–Kier alpha value is -3.26. The van der Waals surface area contributed by atoms with E-state index in [1.165, 1.54) is 22.5 Å². The number of para-hydroxylation sites is 1.